The number of aromatic nitrogens is 2. The van der Waals surface area contributed by atoms with Crippen molar-refractivity contribution in [2.24, 2.45) is 0 Å². The molecule has 0 spiro atoms. The number of rotatable bonds is 5. The quantitative estimate of drug-likeness (QED) is 0.678. The molecule has 3 aromatic rings. The molecule has 6 nitrogen and oxygen atoms in total. The largest absolute Gasteiger partial charge is 0.368 e. The molecule has 2 aromatic carbocycles. The number of carbonyl (C=O) groups excluding carboxylic acids is 1. The maximum absolute atomic E-state index is 12.6. The van der Waals surface area contributed by atoms with E-state index >= 15 is 0 Å². The number of carbonyl (C=O) groups is 1. The highest BCUT2D eigenvalue weighted by Crippen LogP contribution is 2.30. The van der Waals surface area contributed by atoms with Crippen LogP contribution < -0.4 is 15.8 Å². The SMILES string of the molecule is Cc1cc(=O)[nH]c(-c2cccc(NC(=O)CCN3c4ccccc4CC[C@@H]3C)c2)n1. The van der Waals surface area contributed by atoms with Crippen LogP contribution in [-0.2, 0) is 11.2 Å². The van der Waals surface area contributed by atoms with E-state index in [0.29, 0.717) is 36.2 Å². The zero-order chi connectivity index (χ0) is 21.1. The van der Waals surface area contributed by atoms with E-state index in [9.17, 15) is 9.59 Å². The highest BCUT2D eigenvalue weighted by atomic mass is 16.1. The van der Waals surface area contributed by atoms with Crippen LogP contribution in [-0.4, -0.2) is 28.5 Å². The minimum atomic E-state index is -0.192. The van der Waals surface area contributed by atoms with Gasteiger partial charge in [-0.3, -0.25) is 9.59 Å². The first-order chi connectivity index (χ1) is 14.5. The van der Waals surface area contributed by atoms with Crippen LogP contribution in [0.1, 0.15) is 31.0 Å². The van der Waals surface area contributed by atoms with E-state index in [4.69, 9.17) is 0 Å². The van der Waals surface area contributed by atoms with E-state index in [0.717, 1.165) is 18.4 Å². The van der Waals surface area contributed by atoms with Gasteiger partial charge in [0.1, 0.15) is 5.82 Å². The fourth-order valence-corrected chi connectivity index (χ4v) is 4.01. The number of benzene rings is 2. The third kappa shape index (κ3) is 4.43. The third-order valence-electron chi connectivity index (χ3n) is 5.53. The molecule has 1 aliphatic heterocycles. The van der Waals surface area contributed by atoms with Crippen LogP contribution in [0, 0.1) is 6.92 Å². The number of fused-ring (bicyclic) bond motifs is 1. The number of nitrogens with one attached hydrogen (secondary N) is 2. The second kappa shape index (κ2) is 8.53. The summed E-state index contributed by atoms with van der Waals surface area (Å²) in [7, 11) is 0. The molecule has 0 radical (unpaired) electrons. The van der Waals surface area contributed by atoms with Gasteiger partial charge in [-0.25, -0.2) is 4.98 Å². The number of hydrogen-bond acceptors (Lipinski definition) is 4. The predicted molar refractivity (Wildman–Crippen MR) is 120 cm³/mol. The minimum Gasteiger partial charge on any atom is -0.368 e. The van der Waals surface area contributed by atoms with Crippen molar-refractivity contribution in [1.29, 1.82) is 0 Å². The molecule has 2 N–H and O–H groups in total. The smallest absolute Gasteiger partial charge is 0.251 e. The van der Waals surface area contributed by atoms with Crippen molar-refractivity contribution < 1.29 is 4.79 Å². The van der Waals surface area contributed by atoms with Gasteiger partial charge in [-0.2, -0.15) is 0 Å². The topological polar surface area (TPSA) is 78.1 Å². The van der Waals surface area contributed by atoms with E-state index in [-0.39, 0.29) is 11.5 Å². The van der Waals surface area contributed by atoms with Gasteiger partial charge in [-0.05, 0) is 50.5 Å². The molecule has 1 aliphatic rings. The van der Waals surface area contributed by atoms with Crippen LogP contribution in [0.2, 0.25) is 0 Å². The molecule has 0 saturated heterocycles. The summed E-state index contributed by atoms with van der Waals surface area (Å²) in [6.07, 6.45) is 2.59. The summed E-state index contributed by atoms with van der Waals surface area (Å²) in [6.45, 7) is 4.67. The summed E-state index contributed by atoms with van der Waals surface area (Å²) < 4.78 is 0. The average Bonchev–Trinajstić information content (AvgIpc) is 2.72. The zero-order valence-corrected chi connectivity index (χ0v) is 17.3. The van der Waals surface area contributed by atoms with Gasteiger partial charge < -0.3 is 15.2 Å². The minimum absolute atomic E-state index is 0.0342. The van der Waals surface area contributed by atoms with Gasteiger partial charge in [0, 0.05) is 47.7 Å². The maximum atomic E-state index is 12.6. The molecule has 0 saturated carbocycles. The van der Waals surface area contributed by atoms with Crippen molar-refractivity contribution in [3.63, 3.8) is 0 Å². The molecule has 30 heavy (non-hydrogen) atoms. The van der Waals surface area contributed by atoms with Crippen LogP contribution >= 0.6 is 0 Å². The van der Waals surface area contributed by atoms with E-state index in [1.165, 1.54) is 17.3 Å². The van der Waals surface area contributed by atoms with E-state index < -0.39 is 0 Å². The molecule has 0 aliphatic carbocycles. The van der Waals surface area contributed by atoms with Gasteiger partial charge in [-0.1, -0.05) is 30.3 Å². The zero-order valence-electron chi connectivity index (χ0n) is 17.3. The van der Waals surface area contributed by atoms with Gasteiger partial charge >= 0.3 is 0 Å². The Morgan fingerprint density at radius 3 is 2.87 bits per heavy atom. The molecule has 0 bridgehead atoms. The van der Waals surface area contributed by atoms with Crippen LogP contribution in [0.5, 0.6) is 0 Å². The highest BCUT2D eigenvalue weighted by Gasteiger charge is 2.23. The van der Waals surface area contributed by atoms with Gasteiger partial charge in [0.05, 0.1) is 0 Å². The Balaban J connectivity index is 1.43. The monoisotopic (exact) mass is 402 g/mol. The van der Waals surface area contributed by atoms with E-state index in [1.54, 1.807) is 6.92 Å². The number of anilines is 2. The molecular weight excluding hydrogens is 376 g/mol. The Morgan fingerprint density at radius 1 is 1.20 bits per heavy atom. The summed E-state index contributed by atoms with van der Waals surface area (Å²) in [6, 6.07) is 17.7. The van der Waals surface area contributed by atoms with Crippen LogP contribution in [0.4, 0.5) is 11.4 Å². The number of para-hydroxylation sites is 1. The second-order valence-electron chi connectivity index (χ2n) is 7.82. The van der Waals surface area contributed by atoms with Crippen LogP contribution in [0.3, 0.4) is 0 Å². The molecule has 154 valence electrons. The standard InChI is InChI=1S/C24H26N4O2/c1-16-14-23(30)27-24(25-16)19-7-5-8-20(15-19)26-22(29)12-13-28-17(2)10-11-18-6-3-4-9-21(18)28/h3-9,14-15,17H,10-13H2,1-2H3,(H,26,29)(H,25,27,30)/t17-/m0/s1. The number of amides is 1. The van der Waals surface area contributed by atoms with Gasteiger partial charge in [0.2, 0.25) is 5.91 Å². The number of hydrogen-bond donors (Lipinski definition) is 2. The molecule has 6 heteroatoms. The third-order valence-corrected chi connectivity index (χ3v) is 5.53. The number of aryl methyl sites for hydroxylation is 2. The summed E-state index contributed by atoms with van der Waals surface area (Å²) in [5.41, 5.74) is 4.49. The second-order valence-corrected chi connectivity index (χ2v) is 7.82. The Labute approximate surface area is 176 Å². The first kappa shape index (κ1) is 19.9. The van der Waals surface area contributed by atoms with Crippen LogP contribution in [0.25, 0.3) is 11.4 Å². The lowest BCUT2D eigenvalue weighted by atomic mass is 9.96. The summed E-state index contributed by atoms with van der Waals surface area (Å²) in [4.78, 5) is 33.8. The molecule has 1 atom stereocenters. The first-order valence-corrected chi connectivity index (χ1v) is 10.3. The Hall–Kier alpha value is -3.41. The number of aromatic amines is 1. The molecule has 1 amide bonds. The lowest BCUT2D eigenvalue weighted by molar-refractivity contribution is -0.116. The van der Waals surface area contributed by atoms with Crippen molar-refractivity contribution in [2.75, 3.05) is 16.8 Å². The molecular formula is C24H26N4O2. The predicted octanol–water partition coefficient (Wildman–Crippen LogP) is 3.92. The number of nitrogens with zero attached hydrogens (tertiary/aromatic N) is 2. The fraction of sp³-hybridized carbons (Fsp3) is 0.292. The number of H-pyrrole nitrogens is 1. The molecule has 1 aromatic heterocycles. The summed E-state index contributed by atoms with van der Waals surface area (Å²) in [5.74, 6) is 0.461. The molecule has 0 fully saturated rings. The first-order valence-electron chi connectivity index (χ1n) is 10.3. The van der Waals surface area contributed by atoms with Crippen molar-refractivity contribution >= 4 is 17.3 Å². The normalized spacial score (nSPS) is 15.5. The van der Waals surface area contributed by atoms with Gasteiger partial charge in [0.25, 0.3) is 5.56 Å². The Bertz CT molecular complexity index is 1120. The summed E-state index contributed by atoms with van der Waals surface area (Å²) in [5, 5.41) is 2.97. The van der Waals surface area contributed by atoms with Crippen molar-refractivity contribution in [3.8, 4) is 11.4 Å². The Kier molecular flexibility index (Phi) is 5.65. The van der Waals surface area contributed by atoms with Crippen molar-refractivity contribution in [2.45, 2.75) is 39.2 Å². The van der Waals surface area contributed by atoms with E-state index in [1.807, 2.05) is 24.3 Å². The fourth-order valence-electron chi connectivity index (χ4n) is 4.01. The molecule has 0 unspecified atom stereocenters. The maximum Gasteiger partial charge on any atom is 0.251 e. The van der Waals surface area contributed by atoms with Gasteiger partial charge in [0.15, 0.2) is 0 Å². The molecule has 4 rings (SSSR count). The lowest BCUT2D eigenvalue weighted by Gasteiger charge is -2.37. The van der Waals surface area contributed by atoms with Gasteiger partial charge in [-0.15, -0.1) is 0 Å². The Morgan fingerprint density at radius 2 is 2.03 bits per heavy atom. The lowest BCUT2D eigenvalue weighted by Crippen LogP contribution is -2.39. The average molecular weight is 402 g/mol. The van der Waals surface area contributed by atoms with Crippen molar-refractivity contribution in [3.05, 3.63) is 76.2 Å². The van der Waals surface area contributed by atoms with Crippen molar-refractivity contribution in [1.82, 2.24) is 9.97 Å². The molecule has 2 heterocycles. The highest BCUT2D eigenvalue weighted by molar-refractivity contribution is 5.91. The summed E-state index contributed by atoms with van der Waals surface area (Å²) >= 11 is 0. The van der Waals surface area contributed by atoms with E-state index in [2.05, 4.69) is 51.4 Å². The van der Waals surface area contributed by atoms with Crippen LogP contribution in [0.15, 0.2) is 59.4 Å².